The van der Waals surface area contributed by atoms with Crippen LogP contribution in [0.5, 0.6) is 0 Å². The van der Waals surface area contributed by atoms with Crippen molar-refractivity contribution in [3.05, 3.63) is 65.5 Å². The van der Waals surface area contributed by atoms with E-state index in [-0.39, 0.29) is 11.8 Å². The van der Waals surface area contributed by atoms with E-state index >= 15 is 0 Å². The summed E-state index contributed by atoms with van der Waals surface area (Å²) in [5.41, 5.74) is 7.94. The lowest BCUT2D eigenvalue weighted by molar-refractivity contribution is 0.251. The van der Waals surface area contributed by atoms with Gasteiger partial charge in [-0.15, -0.1) is 0 Å². The van der Waals surface area contributed by atoms with E-state index in [1.807, 2.05) is 24.3 Å². The SMILES string of the molecule is NCc1ccc(CNC(=O)Nc2cccc(F)c2)cc1. The van der Waals surface area contributed by atoms with Gasteiger partial charge in [-0.2, -0.15) is 0 Å². The van der Waals surface area contributed by atoms with Gasteiger partial charge in [0.05, 0.1) is 0 Å². The van der Waals surface area contributed by atoms with E-state index in [9.17, 15) is 9.18 Å². The topological polar surface area (TPSA) is 67.1 Å². The Bertz CT molecular complexity index is 584. The Hall–Kier alpha value is -2.40. The molecule has 0 heterocycles. The van der Waals surface area contributed by atoms with E-state index in [4.69, 9.17) is 5.73 Å². The van der Waals surface area contributed by atoms with Crippen LogP contribution in [0.1, 0.15) is 11.1 Å². The zero-order valence-corrected chi connectivity index (χ0v) is 10.9. The number of nitrogens with two attached hydrogens (primary N) is 1. The summed E-state index contributed by atoms with van der Waals surface area (Å²) in [5.74, 6) is -0.389. The Balaban J connectivity index is 1.85. The van der Waals surface area contributed by atoms with Crippen molar-refractivity contribution in [2.24, 2.45) is 5.73 Å². The molecule has 20 heavy (non-hydrogen) atoms. The fourth-order valence-corrected chi connectivity index (χ4v) is 1.72. The second kappa shape index (κ2) is 6.68. The number of anilines is 1. The summed E-state index contributed by atoms with van der Waals surface area (Å²) < 4.78 is 13.0. The largest absolute Gasteiger partial charge is 0.334 e. The molecule has 0 aliphatic rings. The van der Waals surface area contributed by atoms with Crippen LogP contribution >= 0.6 is 0 Å². The molecule has 0 radical (unpaired) electrons. The lowest BCUT2D eigenvalue weighted by Gasteiger charge is -2.08. The molecule has 0 saturated heterocycles. The van der Waals surface area contributed by atoms with Gasteiger partial charge in [0.1, 0.15) is 5.82 Å². The number of hydrogen-bond acceptors (Lipinski definition) is 2. The van der Waals surface area contributed by atoms with Gasteiger partial charge in [0, 0.05) is 18.8 Å². The molecule has 0 atom stereocenters. The minimum Gasteiger partial charge on any atom is -0.334 e. The van der Waals surface area contributed by atoms with E-state index in [0.29, 0.717) is 18.8 Å². The minimum atomic E-state index is -0.389. The van der Waals surface area contributed by atoms with Crippen molar-refractivity contribution < 1.29 is 9.18 Å². The summed E-state index contributed by atoms with van der Waals surface area (Å²) >= 11 is 0. The van der Waals surface area contributed by atoms with Gasteiger partial charge >= 0.3 is 6.03 Å². The second-order valence-electron chi connectivity index (χ2n) is 4.34. The van der Waals surface area contributed by atoms with Crippen LogP contribution in [0.15, 0.2) is 48.5 Å². The number of halogens is 1. The van der Waals surface area contributed by atoms with E-state index in [1.54, 1.807) is 6.07 Å². The number of nitrogens with one attached hydrogen (secondary N) is 2. The van der Waals surface area contributed by atoms with Gasteiger partial charge < -0.3 is 16.4 Å². The molecule has 0 unspecified atom stereocenters. The van der Waals surface area contributed by atoms with Crippen molar-refractivity contribution in [3.8, 4) is 0 Å². The summed E-state index contributed by atoms with van der Waals surface area (Å²) in [5, 5.41) is 5.27. The van der Waals surface area contributed by atoms with Crippen LogP contribution in [0.4, 0.5) is 14.9 Å². The molecule has 2 rings (SSSR count). The van der Waals surface area contributed by atoms with Crippen molar-refractivity contribution in [1.29, 1.82) is 0 Å². The van der Waals surface area contributed by atoms with Crippen LogP contribution in [0.2, 0.25) is 0 Å². The second-order valence-corrected chi connectivity index (χ2v) is 4.34. The third-order valence-corrected chi connectivity index (χ3v) is 2.79. The average Bonchev–Trinajstić information content (AvgIpc) is 2.46. The first-order chi connectivity index (χ1) is 9.67. The van der Waals surface area contributed by atoms with Crippen molar-refractivity contribution in [2.75, 3.05) is 5.32 Å². The van der Waals surface area contributed by atoms with E-state index in [1.165, 1.54) is 18.2 Å². The van der Waals surface area contributed by atoms with Crippen LogP contribution in [0.25, 0.3) is 0 Å². The van der Waals surface area contributed by atoms with Crippen LogP contribution in [-0.2, 0) is 13.1 Å². The van der Waals surface area contributed by atoms with Crippen LogP contribution < -0.4 is 16.4 Å². The molecule has 0 aliphatic carbocycles. The third-order valence-electron chi connectivity index (χ3n) is 2.79. The summed E-state index contributed by atoms with van der Waals surface area (Å²) in [4.78, 5) is 11.7. The molecule has 2 amide bonds. The number of carbonyl (C=O) groups is 1. The van der Waals surface area contributed by atoms with Gasteiger partial charge in [0.2, 0.25) is 0 Å². The van der Waals surface area contributed by atoms with Crippen molar-refractivity contribution in [3.63, 3.8) is 0 Å². The van der Waals surface area contributed by atoms with E-state index in [2.05, 4.69) is 10.6 Å². The maximum atomic E-state index is 13.0. The zero-order valence-electron chi connectivity index (χ0n) is 10.9. The maximum Gasteiger partial charge on any atom is 0.319 e. The average molecular weight is 273 g/mol. The molecule has 5 heteroatoms. The molecule has 0 spiro atoms. The lowest BCUT2D eigenvalue weighted by Crippen LogP contribution is -2.28. The highest BCUT2D eigenvalue weighted by Gasteiger charge is 2.02. The predicted octanol–water partition coefficient (Wildman–Crippen LogP) is 2.61. The van der Waals surface area contributed by atoms with Gasteiger partial charge in [-0.05, 0) is 29.3 Å². The van der Waals surface area contributed by atoms with Crippen molar-refractivity contribution in [2.45, 2.75) is 13.1 Å². The summed E-state index contributed by atoms with van der Waals surface area (Å²) in [6, 6.07) is 13.0. The molecule has 0 saturated carbocycles. The van der Waals surface area contributed by atoms with Crippen LogP contribution in [0.3, 0.4) is 0 Å². The summed E-state index contributed by atoms with van der Waals surface area (Å²) in [6.45, 7) is 0.889. The first-order valence-corrected chi connectivity index (χ1v) is 6.25. The highest BCUT2D eigenvalue weighted by atomic mass is 19.1. The Morgan fingerprint density at radius 3 is 2.45 bits per heavy atom. The Kier molecular flexibility index (Phi) is 4.68. The first-order valence-electron chi connectivity index (χ1n) is 6.25. The number of carbonyl (C=O) groups excluding carboxylic acids is 1. The fraction of sp³-hybridized carbons (Fsp3) is 0.133. The predicted molar refractivity (Wildman–Crippen MR) is 76.6 cm³/mol. The van der Waals surface area contributed by atoms with E-state index < -0.39 is 0 Å². The molecule has 2 aromatic rings. The molecule has 2 aromatic carbocycles. The normalized spacial score (nSPS) is 10.1. The Morgan fingerprint density at radius 1 is 1.10 bits per heavy atom. The van der Waals surface area contributed by atoms with E-state index in [0.717, 1.165) is 11.1 Å². The van der Waals surface area contributed by atoms with Gasteiger partial charge in [-0.25, -0.2) is 9.18 Å². The highest BCUT2D eigenvalue weighted by molar-refractivity contribution is 5.89. The molecule has 0 aliphatic heterocycles. The van der Waals surface area contributed by atoms with Crippen molar-refractivity contribution in [1.82, 2.24) is 5.32 Å². The summed E-state index contributed by atoms with van der Waals surface area (Å²) in [7, 11) is 0. The van der Waals surface area contributed by atoms with Gasteiger partial charge in [-0.3, -0.25) is 0 Å². The third kappa shape index (κ3) is 4.07. The molecule has 4 nitrogen and oxygen atoms in total. The number of urea groups is 1. The van der Waals surface area contributed by atoms with Gasteiger partial charge in [0.25, 0.3) is 0 Å². The highest BCUT2D eigenvalue weighted by Crippen LogP contribution is 2.09. The molecular formula is C15H16FN3O. The van der Waals surface area contributed by atoms with Crippen molar-refractivity contribution >= 4 is 11.7 Å². The maximum absolute atomic E-state index is 13.0. The van der Waals surface area contributed by atoms with Gasteiger partial charge in [-0.1, -0.05) is 30.3 Å². The van der Waals surface area contributed by atoms with Gasteiger partial charge in [0.15, 0.2) is 0 Å². The molecule has 0 aromatic heterocycles. The zero-order chi connectivity index (χ0) is 14.4. The number of benzene rings is 2. The smallest absolute Gasteiger partial charge is 0.319 e. The molecule has 0 fully saturated rings. The number of amides is 2. The number of rotatable bonds is 4. The molecular weight excluding hydrogens is 257 g/mol. The Labute approximate surface area is 116 Å². The Morgan fingerprint density at radius 2 is 1.80 bits per heavy atom. The lowest BCUT2D eigenvalue weighted by atomic mass is 10.1. The standard InChI is InChI=1S/C15H16FN3O/c16-13-2-1-3-14(8-13)19-15(20)18-10-12-6-4-11(9-17)5-7-12/h1-8H,9-10,17H2,(H2,18,19,20). The van der Waals surface area contributed by atoms with Crippen LogP contribution in [0, 0.1) is 5.82 Å². The monoisotopic (exact) mass is 273 g/mol. The first kappa shape index (κ1) is 14.0. The molecule has 4 N–H and O–H groups in total. The minimum absolute atomic E-state index is 0.376. The number of hydrogen-bond donors (Lipinski definition) is 3. The molecule has 104 valence electrons. The summed E-state index contributed by atoms with van der Waals surface area (Å²) in [6.07, 6.45) is 0. The molecule has 0 bridgehead atoms. The quantitative estimate of drug-likeness (QED) is 0.801. The fourth-order valence-electron chi connectivity index (χ4n) is 1.72. The van der Waals surface area contributed by atoms with Crippen LogP contribution in [-0.4, -0.2) is 6.03 Å².